The third-order valence-corrected chi connectivity index (χ3v) is 4.89. The first-order chi connectivity index (χ1) is 14.3. The molecule has 0 radical (unpaired) electrons. The molecule has 1 N–H and O–H groups in total. The van der Waals surface area contributed by atoms with Crippen LogP contribution >= 0.6 is 0 Å². The molecule has 0 bridgehead atoms. The molecule has 30 heavy (non-hydrogen) atoms. The number of hydrogen-bond acceptors (Lipinski definition) is 4. The monoisotopic (exact) mass is 412 g/mol. The molecule has 0 aromatic heterocycles. The summed E-state index contributed by atoms with van der Waals surface area (Å²) >= 11 is 0. The van der Waals surface area contributed by atoms with E-state index in [1.165, 1.54) is 0 Å². The number of carbonyl (C=O) groups excluding carboxylic acids is 2. The topological polar surface area (TPSA) is 67.9 Å². The molecule has 2 aromatic carbocycles. The van der Waals surface area contributed by atoms with Crippen molar-refractivity contribution in [2.24, 2.45) is 0 Å². The van der Waals surface area contributed by atoms with Gasteiger partial charge in [0.25, 0.3) is 5.91 Å². The summed E-state index contributed by atoms with van der Waals surface area (Å²) < 4.78 is 11.1. The highest BCUT2D eigenvalue weighted by molar-refractivity contribution is 5.88. The Morgan fingerprint density at radius 3 is 2.57 bits per heavy atom. The van der Waals surface area contributed by atoms with Crippen LogP contribution in [0.2, 0.25) is 0 Å². The summed E-state index contributed by atoms with van der Waals surface area (Å²) in [5, 5.41) is 2.87. The van der Waals surface area contributed by atoms with Gasteiger partial charge in [-0.25, -0.2) is 0 Å². The number of hydrogen-bond donors (Lipinski definition) is 1. The predicted molar refractivity (Wildman–Crippen MR) is 118 cm³/mol. The standard InChI is InChI=1S/C24H32N2O4/c1-6-12-25-24(28)19(4)26(15-20-8-7-9-21(14-20)29-5)23(27)16-30-22-11-10-17(2)13-18(22)3/h7-11,13-14,19H,6,12,15-16H2,1-5H3,(H,25,28). The van der Waals surface area contributed by atoms with Crippen molar-refractivity contribution in [3.8, 4) is 11.5 Å². The van der Waals surface area contributed by atoms with Crippen LogP contribution in [0.3, 0.4) is 0 Å². The molecule has 0 saturated heterocycles. The van der Waals surface area contributed by atoms with Crippen LogP contribution in [-0.4, -0.2) is 43.0 Å². The molecule has 6 heteroatoms. The van der Waals surface area contributed by atoms with Gasteiger partial charge >= 0.3 is 0 Å². The van der Waals surface area contributed by atoms with E-state index in [4.69, 9.17) is 9.47 Å². The number of carbonyl (C=O) groups is 2. The van der Waals surface area contributed by atoms with Gasteiger partial charge in [0, 0.05) is 13.1 Å². The number of benzene rings is 2. The van der Waals surface area contributed by atoms with E-state index in [2.05, 4.69) is 5.32 Å². The molecule has 2 aromatic rings. The van der Waals surface area contributed by atoms with E-state index in [-0.39, 0.29) is 25.0 Å². The lowest BCUT2D eigenvalue weighted by Crippen LogP contribution is -2.49. The van der Waals surface area contributed by atoms with Gasteiger partial charge in [0.15, 0.2) is 6.61 Å². The Balaban J connectivity index is 2.17. The zero-order valence-corrected chi connectivity index (χ0v) is 18.5. The Kier molecular flexibility index (Phi) is 8.71. The lowest BCUT2D eigenvalue weighted by atomic mass is 10.1. The fraction of sp³-hybridized carbons (Fsp3) is 0.417. The van der Waals surface area contributed by atoms with Gasteiger partial charge in [-0.1, -0.05) is 36.8 Å². The molecule has 0 fully saturated rings. The maximum atomic E-state index is 13.1. The average Bonchev–Trinajstić information content (AvgIpc) is 2.74. The molecule has 0 spiro atoms. The van der Waals surface area contributed by atoms with Crippen molar-refractivity contribution in [1.82, 2.24) is 10.2 Å². The highest BCUT2D eigenvalue weighted by Gasteiger charge is 2.26. The minimum atomic E-state index is -0.627. The summed E-state index contributed by atoms with van der Waals surface area (Å²) in [7, 11) is 1.60. The second-order valence-electron chi connectivity index (χ2n) is 7.40. The number of methoxy groups -OCH3 is 1. The second kappa shape index (κ2) is 11.2. The Bertz CT molecular complexity index is 866. The molecule has 162 valence electrons. The summed E-state index contributed by atoms with van der Waals surface area (Å²) in [4.78, 5) is 27.2. The normalized spacial score (nSPS) is 11.5. The highest BCUT2D eigenvalue weighted by atomic mass is 16.5. The van der Waals surface area contributed by atoms with Crippen LogP contribution in [0.1, 0.15) is 37.0 Å². The number of amides is 2. The van der Waals surface area contributed by atoms with E-state index in [0.29, 0.717) is 18.0 Å². The van der Waals surface area contributed by atoms with Crippen molar-refractivity contribution in [3.63, 3.8) is 0 Å². The molecular formula is C24H32N2O4. The van der Waals surface area contributed by atoms with Gasteiger partial charge in [0.05, 0.1) is 7.11 Å². The predicted octanol–water partition coefficient (Wildman–Crippen LogP) is 3.63. The first kappa shape index (κ1) is 23.3. The molecule has 0 aliphatic rings. The summed E-state index contributed by atoms with van der Waals surface area (Å²) in [6, 6.07) is 12.7. The van der Waals surface area contributed by atoms with Crippen LogP contribution in [0.5, 0.6) is 11.5 Å². The minimum absolute atomic E-state index is 0.140. The maximum Gasteiger partial charge on any atom is 0.261 e. The van der Waals surface area contributed by atoms with Crippen molar-refractivity contribution in [2.45, 2.75) is 46.7 Å². The molecular weight excluding hydrogens is 380 g/mol. The first-order valence-electron chi connectivity index (χ1n) is 10.3. The Morgan fingerprint density at radius 1 is 1.13 bits per heavy atom. The van der Waals surface area contributed by atoms with E-state index < -0.39 is 6.04 Å². The fourth-order valence-corrected chi connectivity index (χ4v) is 3.13. The number of nitrogens with one attached hydrogen (secondary N) is 1. The van der Waals surface area contributed by atoms with Gasteiger partial charge in [-0.05, 0) is 56.5 Å². The van der Waals surface area contributed by atoms with Gasteiger partial charge in [-0.15, -0.1) is 0 Å². The minimum Gasteiger partial charge on any atom is -0.497 e. The smallest absolute Gasteiger partial charge is 0.261 e. The Labute approximate surface area is 179 Å². The third kappa shape index (κ3) is 6.51. The fourth-order valence-electron chi connectivity index (χ4n) is 3.13. The summed E-state index contributed by atoms with van der Waals surface area (Å²) in [6.45, 7) is 8.40. The molecule has 1 atom stereocenters. The summed E-state index contributed by atoms with van der Waals surface area (Å²) in [5.74, 6) is 0.935. The van der Waals surface area contributed by atoms with Crippen LogP contribution in [0.15, 0.2) is 42.5 Å². The average molecular weight is 413 g/mol. The van der Waals surface area contributed by atoms with Gasteiger partial charge in [-0.3, -0.25) is 9.59 Å². The molecule has 1 unspecified atom stereocenters. The molecule has 2 amide bonds. The Hall–Kier alpha value is -3.02. The molecule has 0 aliphatic heterocycles. The van der Waals surface area contributed by atoms with Crippen molar-refractivity contribution in [3.05, 3.63) is 59.2 Å². The van der Waals surface area contributed by atoms with Gasteiger partial charge < -0.3 is 19.7 Å². The van der Waals surface area contributed by atoms with E-state index in [1.54, 1.807) is 18.9 Å². The Morgan fingerprint density at radius 2 is 1.90 bits per heavy atom. The quantitative estimate of drug-likeness (QED) is 0.647. The molecule has 2 rings (SSSR count). The zero-order valence-electron chi connectivity index (χ0n) is 18.5. The summed E-state index contributed by atoms with van der Waals surface area (Å²) in [6.07, 6.45) is 0.831. The van der Waals surface area contributed by atoms with Crippen LogP contribution < -0.4 is 14.8 Å². The van der Waals surface area contributed by atoms with Crippen molar-refractivity contribution in [1.29, 1.82) is 0 Å². The van der Waals surface area contributed by atoms with Gasteiger partial charge in [0.2, 0.25) is 5.91 Å². The maximum absolute atomic E-state index is 13.1. The van der Waals surface area contributed by atoms with E-state index in [0.717, 1.165) is 23.1 Å². The number of rotatable bonds is 10. The molecule has 0 aliphatic carbocycles. The van der Waals surface area contributed by atoms with Crippen LogP contribution in [0.25, 0.3) is 0 Å². The second-order valence-corrected chi connectivity index (χ2v) is 7.40. The zero-order chi connectivity index (χ0) is 22.1. The molecule has 6 nitrogen and oxygen atoms in total. The number of ether oxygens (including phenoxy) is 2. The van der Waals surface area contributed by atoms with Crippen molar-refractivity contribution >= 4 is 11.8 Å². The highest BCUT2D eigenvalue weighted by Crippen LogP contribution is 2.20. The number of aryl methyl sites for hydroxylation is 2. The lowest BCUT2D eigenvalue weighted by Gasteiger charge is -2.29. The van der Waals surface area contributed by atoms with Gasteiger partial charge in [0.1, 0.15) is 17.5 Å². The number of nitrogens with zero attached hydrogens (tertiary/aromatic N) is 1. The van der Waals surface area contributed by atoms with Crippen LogP contribution in [-0.2, 0) is 16.1 Å². The molecule has 0 heterocycles. The van der Waals surface area contributed by atoms with Crippen molar-refractivity contribution < 1.29 is 19.1 Å². The van der Waals surface area contributed by atoms with E-state index >= 15 is 0 Å². The first-order valence-corrected chi connectivity index (χ1v) is 10.3. The lowest BCUT2D eigenvalue weighted by molar-refractivity contribution is -0.142. The van der Waals surface area contributed by atoms with Gasteiger partial charge in [-0.2, -0.15) is 0 Å². The van der Waals surface area contributed by atoms with E-state index in [1.807, 2.05) is 63.2 Å². The van der Waals surface area contributed by atoms with Crippen LogP contribution in [0.4, 0.5) is 0 Å². The van der Waals surface area contributed by atoms with E-state index in [9.17, 15) is 9.59 Å². The van der Waals surface area contributed by atoms with Crippen molar-refractivity contribution in [2.75, 3.05) is 20.3 Å². The summed E-state index contributed by atoms with van der Waals surface area (Å²) in [5.41, 5.74) is 2.98. The molecule has 0 saturated carbocycles. The SMILES string of the molecule is CCCNC(=O)C(C)N(Cc1cccc(OC)c1)C(=O)COc1ccc(C)cc1C. The van der Waals surface area contributed by atoms with Crippen LogP contribution in [0, 0.1) is 13.8 Å². The largest absolute Gasteiger partial charge is 0.497 e. The third-order valence-electron chi connectivity index (χ3n) is 4.89.